The van der Waals surface area contributed by atoms with E-state index in [2.05, 4.69) is 31.4 Å². The molecule has 0 aliphatic carbocycles. The van der Waals surface area contributed by atoms with E-state index in [-0.39, 0.29) is 56.3 Å². The summed E-state index contributed by atoms with van der Waals surface area (Å²) in [6.07, 6.45) is 3.85. The molecule has 0 aliphatic heterocycles. The number of hydrogen-bond acceptors (Lipinski definition) is 18. The number of ether oxygens (including phenoxy) is 8. The van der Waals surface area contributed by atoms with E-state index >= 15 is 0 Å². The zero-order valence-electron chi connectivity index (χ0n) is 38.4. The molecule has 0 aliphatic rings. The molecule has 0 bridgehead atoms. The Morgan fingerprint density at radius 3 is 1.79 bits per heavy atom. The predicted octanol–water partition coefficient (Wildman–Crippen LogP) is 7.95. The second kappa shape index (κ2) is 25.5. The van der Waals surface area contributed by atoms with Crippen LogP contribution in [0.25, 0.3) is 21.0 Å². The van der Waals surface area contributed by atoms with Crippen molar-refractivity contribution in [1.82, 2.24) is 4.98 Å². The topological polar surface area (TPSA) is 205 Å². The van der Waals surface area contributed by atoms with E-state index in [1.165, 1.54) is 59.9 Å². The number of carbonyl (C=O) groups is 6. The van der Waals surface area contributed by atoms with E-state index in [0.717, 1.165) is 50.9 Å². The number of thiazole rings is 1. The molecule has 17 nitrogen and oxygen atoms in total. The summed E-state index contributed by atoms with van der Waals surface area (Å²) in [5.41, 5.74) is 2.46. The lowest BCUT2D eigenvalue weighted by Crippen LogP contribution is -2.30. The van der Waals surface area contributed by atoms with Crippen molar-refractivity contribution in [3.05, 3.63) is 176 Å². The fraction of sp³-hybridized carbons (Fsp3) is 0.170. The average Bonchev–Trinajstić information content (AvgIpc) is 3.85. The summed E-state index contributed by atoms with van der Waals surface area (Å²) in [5, 5.41) is 9.00. The summed E-state index contributed by atoms with van der Waals surface area (Å²) >= 11 is 1.47. The van der Waals surface area contributed by atoms with Gasteiger partial charge >= 0.3 is 35.8 Å². The van der Waals surface area contributed by atoms with Crippen LogP contribution in [0.5, 0.6) is 17.2 Å². The van der Waals surface area contributed by atoms with Crippen LogP contribution in [-0.4, -0.2) is 99.3 Å². The van der Waals surface area contributed by atoms with Crippen LogP contribution in [0.1, 0.15) is 31.8 Å². The Balaban J connectivity index is 1.12. The van der Waals surface area contributed by atoms with Crippen LogP contribution in [0.15, 0.2) is 159 Å². The third-order valence-electron chi connectivity index (χ3n) is 9.93. The van der Waals surface area contributed by atoms with Crippen molar-refractivity contribution in [2.24, 2.45) is 5.10 Å². The van der Waals surface area contributed by atoms with E-state index < -0.39 is 48.0 Å². The Hall–Kier alpha value is -8.90. The van der Waals surface area contributed by atoms with Gasteiger partial charge < -0.3 is 37.9 Å². The van der Waals surface area contributed by atoms with Crippen molar-refractivity contribution >= 4 is 79.5 Å². The number of nitrogens with zero attached hydrogens (tertiary/aromatic N) is 3. The Morgan fingerprint density at radius 1 is 0.648 bits per heavy atom. The molecular formula is C53H47N3O14S. The lowest BCUT2D eigenvalue weighted by atomic mass is 10.1. The van der Waals surface area contributed by atoms with Gasteiger partial charge in [0.2, 0.25) is 5.13 Å². The fourth-order valence-electron chi connectivity index (χ4n) is 6.32. The summed E-state index contributed by atoms with van der Waals surface area (Å²) in [6, 6.07) is 29.3. The first-order valence-electron chi connectivity index (χ1n) is 21.6. The van der Waals surface area contributed by atoms with E-state index in [1.54, 1.807) is 36.5 Å². The number of hydrazone groups is 1. The van der Waals surface area contributed by atoms with E-state index in [1.807, 2.05) is 36.4 Å². The quantitative estimate of drug-likeness (QED) is 0.0133. The highest BCUT2D eigenvalue weighted by atomic mass is 32.1. The molecule has 364 valence electrons. The highest BCUT2D eigenvalue weighted by Gasteiger charge is 2.20. The van der Waals surface area contributed by atoms with Crippen LogP contribution in [-0.2, 0) is 49.3 Å². The zero-order valence-corrected chi connectivity index (χ0v) is 39.2. The highest BCUT2D eigenvalue weighted by Crippen LogP contribution is 2.33. The predicted molar refractivity (Wildman–Crippen MR) is 265 cm³/mol. The number of esters is 6. The van der Waals surface area contributed by atoms with Crippen LogP contribution in [0.2, 0.25) is 0 Å². The number of hydrogen-bond donors (Lipinski definition) is 0. The Bertz CT molecular complexity index is 2970. The molecule has 6 rings (SSSR count). The first-order valence-corrected chi connectivity index (χ1v) is 22.5. The Kier molecular flexibility index (Phi) is 18.5. The maximum absolute atomic E-state index is 13.5. The van der Waals surface area contributed by atoms with Crippen molar-refractivity contribution in [1.29, 1.82) is 0 Å². The number of carbonyl (C=O) groups excluding carboxylic acids is 6. The van der Waals surface area contributed by atoms with Gasteiger partial charge in [-0.05, 0) is 77.7 Å². The average molecular weight is 982 g/mol. The monoisotopic (exact) mass is 981 g/mol. The van der Waals surface area contributed by atoms with Gasteiger partial charge in [-0.15, -0.1) is 0 Å². The number of rotatable bonds is 25. The molecule has 0 saturated carbocycles. The van der Waals surface area contributed by atoms with Crippen LogP contribution in [0.3, 0.4) is 0 Å². The molecule has 6 aromatic rings. The van der Waals surface area contributed by atoms with Gasteiger partial charge in [-0.2, -0.15) is 5.10 Å². The largest absolute Gasteiger partial charge is 0.490 e. The van der Waals surface area contributed by atoms with Gasteiger partial charge in [0.15, 0.2) is 12.2 Å². The smallest absolute Gasteiger partial charge is 0.343 e. The van der Waals surface area contributed by atoms with Gasteiger partial charge in [-0.1, -0.05) is 74.1 Å². The van der Waals surface area contributed by atoms with Crippen LogP contribution >= 0.6 is 11.3 Å². The number of benzene rings is 5. The molecular weight excluding hydrogens is 935 g/mol. The number of aromatic nitrogens is 1. The Morgan fingerprint density at radius 2 is 1.21 bits per heavy atom. The zero-order chi connectivity index (χ0) is 50.7. The van der Waals surface area contributed by atoms with E-state index in [9.17, 15) is 28.8 Å². The fourth-order valence-corrected chi connectivity index (χ4v) is 7.22. The highest BCUT2D eigenvalue weighted by molar-refractivity contribution is 7.22. The minimum Gasteiger partial charge on any atom is -0.490 e. The van der Waals surface area contributed by atoms with Crippen LogP contribution < -0.4 is 19.2 Å². The molecule has 71 heavy (non-hydrogen) atoms. The Labute approximate surface area is 411 Å². The first-order chi connectivity index (χ1) is 34.3. The second-order valence-electron chi connectivity index (χ2n) is 14.9. The molecule has 18 heteroatoms. The normalized spacial score (nSPS) is 11.6. The van der Waals surface area contributed by atoms with Crippen LogP contribution in [0.4, 0.5) is 5.13 Å². The van der Waals surface area contributed by atoms with E-state index in [4.69, 9.17) is 42.9 Å². The molecule has 0 radical (unpaired) electrons. The molecule has 5 aromatic carbocycles. The standard InChI is InChI=1S/C53H47N3O14S/c1-6-46(57)66-32-41(68-48(59)8-3)30-64-39-20-15-36(16-21-39)51(61)63-27-26-34-14-24-44(38(28-34)29-54-56(5)53-55-50-43-13-11-10-12-35(43)19-25-45(50)71-53)70-52(62)37-17-22-40(23-18-37)65-31-42(69-49(60)9-4)33-67-47(58)7-2/h6-25,28-29,41-42H,1-4,26-27,30-33H2,5H3/b54-29+. The molecule has 0 saturated heterocycles. The first kappa shape index (κ1) is 51.5. The second-order valence-corrected chi connectivity index (χ2v) is 15.9. The molecule has 2 unspecified atom stereocenters. The summed E-state index contributed by atoms with van der Waals surface area (Å²) in [7, 11) is 1.76. The minimum atomic E-state index is -0.953. The summed E-state index contributed by atoms with van der Waals surface area (Å²) in [5.74, 6) is -3.27. The number of fused-ring (bicyclic) bond motifs is 3. The van der Waals surface area contributed by atoms with Gasteiger partial charge in [0.1, 0.15) is 43.7 Å². The molecule has 0 amide bonds. The van der Waals surface area contributed by atoms with Gasteiger partial charge in [0.05, 0.1) is 34.2 Å². The molecule has 0 spiro atoms. The summed E-state index contributed by atoms with van der Waals surface area (Å²) in [6.45, 7) is 12.5. The van der Waals surface area contributed by atoms with Crippen molar-refractivity contribution in [2.45, 2.75) is 18.6 Å². The SMILES string of the molecule is C=CC(=O)OCC(COc1ccc(C(=O)OCCc2ccc(OC(=O)c3ccc(OCC(COC(=O)C=C)OC(=O)C=C)cc3)c(/C=N/N(C)c3nc4c(ccc5ccccc54)s3)c2)cc1)OC(=O)C=C. The third kappa shape index (κ3) is 15.0. The van der Waals surface area contributed by atoms with E-state index in [0.29, 0.717) is 22.2 Å². The molecule has 2 atom stereocenters. The number of anilines is 1. The van der Waals surface area contributed by atoms with Gasteiger partial charge in [0, 0.05) is 48.7 Å². The lowest BCUT2D eigenvalue weighted by molar-refractivity contribution is -0.154. The lowest BCUT2D eigenvalue weighted by Gasteiger charge is -2.17. The molecule has 1 heterocycles. The maximum atomic E-state index is 13.5. The van der Waals surface area contributed by atoms with Crippen molar-refractivity contribution < 1.29 is 66.7 Å². The molecule has 0 N–H and O–H groups in total. The van der Waals surface area contributed by atoms with Crippen molar-refractivity contribution in [2.75, 3.05) is 45.1 Å². The van der Waals surface area contributed by atoms with Crippen molar-refractivity contribution in [3.8, 4) is 17.2 Å². The maximum Gasteiger partial charge on any atom is 0.343 e. The van der Waals surface area contributed by atoms with Gasteiger partial charge in [0.25, 0.3) is 0 Å². The molecule has 1 aromatic heterocycles. The molecule has 0 fully saturated rings. The van der Waals surface area contributed by atoms with Gasteiger partial charge in [-0.25, -0.2) is 38.8 Å². The van der Waals surface area contributed by atoms with Gasteiger partial charge in [-0.3, -0.25) is 0 Å². The van der Waals surface area contributed by atoms with Crippen molar-refractivity contribution in [3.63, 3.8) is 0 Å². The third-order valence-corrected chi connectivity index (χ3v) is 11.0. The summed E-state index contributed by atoms with van der Waals surface area (Å²) < 4.78 is 44.3. The minimum absolute atomic E-state index is 0.00201. The van der Waals surface area contributed by atoms with Crippen LogP contribution in [0, 0.1) is 0 Å². The summed E-state index contributed by atoms with van der Waals surface area (Å²) in [4.78, 5) is 78.1.